The van der Waals surface area contributed by atoms with E-state index in [1.54, 1.807) is 19.1 Å². The average Bonchev–Trinajstić information content (AvgIpc) is 2.24. The van der Waals surface area contributed by atoms with Crippen molar-refractivity contribution in [1.82, 2.24) is 4.31 Å². The molecule has 0 aliphatic carbocycles. The molecule has 0 fully saturated rings. The molecule has 0 radical (unpaired) electrons. The standard InChI is InChI=1S/C12H16N2O2S/c1-5-8-14(4)17(15,16)12-10(3)9(2)6-7-11(12)13/h1,6-7H,8,13H2,2-4H3. The molecule has 1 aromatic rings. The maximum absolute atomic E-state index is 12.3. The second kappa shape index (κ2) is 4.78. The summed E-state index contributed by atoms with van der Waals surface area (Å²) in [5.41, 5.74) is 7.54. The Morgan fingerprint density at radius 2 is 2.00 bits per heavy atom. The normalized spacial score (nSPS) is 11.5. The van der Waals surface area contributed by atoms with Gasteiger partial charge in [0.25, 0.3) is 0 Å². The topological polar surface area (TPSA) is 63.4 Å². The maximum atomic E-state index is 12.3. The first-order valence-corrected chi connectivity index (χ1v) is 6.52. The van der Waals surface area contributed by atoms with Crippen molar-refractivity contribution in [2.75, 3.05) is 19.3 Å². The van der Waals surface area contributed by atoms with E-state index in [-0.39, 0.29) is 17.1 Å². The monoisotopic (exact) mass is 252 g/mol. The summed E-state index contributed by atoms with van der Waals surface area (Å²) in [4.78, 5) is 0.148. The van der Waals surface area contributed by atoms with Gasteiger partial charge in [0.2, 0.25) is 10.0 Å². The number of sulfonamides is 1. The molecule has 0 atom stereocenters. The quantitative estimate of drug-likeness (QED) is 0.648. The minimum atomic E-state index is -3.62. The van der Waals surface area contributed by atoms with Crippen LogP contribution >= 0.6 is 0 Å². The van der Waals surface area contributed by atoms with Crippen molar-refractivity contribution in [2.45, 2.75) is 18.7 Å². The number of aryl methyl sites for hydroxylation is 1. The zero-order valence-corrected chi connectivity index (χ0v) is 11.0. The molecule has 0 aromatic heterocycles. The Labute approximate surface area is 102 Å². The zero-order valence-electron chi connectivity index (χ0n) is 10.2. The number of rotatable bonds is 3. The second-order valence-corrected chi connectivity index (χ2v) is 5.87. The Morgan fingerprint density at radius 3 is 2.53 bits per heavy atom. The lowest BCUT2D eigenvalue weighted by atomic mass is 10.1. The van der Waals surface area contributed by atoms with Crippen LogP contribution in [0, 0.1) is 26.2 Å². The average molecular weight is 252 g/mol. The summed E-state index contributed by atoms with van der Waals surface area (Å²) in [6.07, 6.45) is 5.12. The zero-order chi connectivity index (χ0) is 13.2. The van der Waals surface area contributed by atoms with E-state index in [1.807, 2.05) is 6.92 Å². The highest BCUT2D eigenvalue weighted by Gasteiger charge is 2.25. The summed E-state index contributed by atoms with van der Waals surface area (Å²) in [5, 5.41) is 0. The van der Waals surface area contributed by atoms with Gasteiger partial charge in [-0.05, 0) is 31.0 Å². The third-order valence-corrected chi connectivity index (χ3v) is 4.70. The van der Waals surface area contributed by atoms with Crippen molar-refractivity contribution >= 4 is 15.7 Å². The molecule has 0 bridgehead atoms. The smallest absolute Gasteiger partial charge is 0.246 e. The largest absolute Gasteiger partial charge is 0.398 e. The lowest BCUT2D eigenvalue weighted by Gasteiger charge is -2.18. The molecular weight excluding hydrogens is 236 g/mol. The molecule has 5 heteroatoms. The van der Waals surface area contributed by atoms with Gasteiger partial charge in [-0.2, -0.15) is 4.31 Å². The number of hydrogen-bond acceptors (Lipinski definition) is 3. The first kappa shape index (κ1) is 13.6. The first-order chi connectivity index (χ1) is 7.82. The molecule has 2 N–H and O–H groups in total. The number of terminal acetylenes is 1. The first-order valence-electron chi connectivity index (χ1n) is 5.08. The van der Waals surface area contributed by atoms with Gasteiger partial charge in [-0.1, -0.05) is 12.0 Å². The number of hydrogen-bond donors (Lipinski definition) is 1. The van der Waals surface area contributed by atoms with Crippen LogP contribution in [-0.4, -0.2) is 26.3 Å². The SMILES string of the molecule is C#CCN(C)S(=O)(=O)c1c(N)ccc(C)c1C. The number of nitrogen functional groups attached to an aromatic ring is 1. The van der Waals surface area contributed by atoms with Gasteiger partial charge in [0.1, 0.15) is 4.90 Å². The number of nitrogens with zero attached hydrogens (tertiary/aromatic N) is 1. The molecule has 0 saturated heterocycles. The van der Waals surface area contributed by atoms with Gasteiger partial charge >= 0.3 is 0 Å². The van der Waals surface area contributed by atoms with E-state index < -0.39 is 10.0 Å². The predicted octanol–water partition coefficient (Wildman–Crippen LogP) is 1.14. The second-order valence-electron chi connectivity index (χ2n) is 3.89. The summed E-state index contributed by atoms with van der Waals surface area (Å²) < 4.78 is 25.6. The fourth-order valence-corrected chi connectivity index (χ4v) is 2.99. The molecule has 0 spiro atoms. The number of benzene rings is 1. The van der Waals surface area contributed by atoms with Crippen LogP contribution in [0.3, 0.4) is 0 Å². The Bertz CT molecular complexity index is 571. The summed E-state index contributed by atoms with van der Waals surface area (Å²) >= 11 is 0. The molecule has 0 amide bonds. The van der Waals surface area contributed by atoms with E-state index in [9.17, 15) is 8.42 Å². The molecule has 1 rings (SSSR count). The van der Waals surface area contributed by atoms with Crippen LogP contribution in [-0.2, 0) is 10.0 Å². The molecule has 0 heterocycles. The van der Waals surface area contributed by atoms with E-state index in [4.69, 9.17) is 12.2 Å². The van der Waals surface area contributed by atoms with Gasteiger partial charge in [-0.3, -0.25) is 0 Å². The third kappa shape index (κ3) is 2.43. The molecule has 0 unspecified atom stereocenters. The van der Waals surface area contributed by atoms with Crippen molar-refractivity contribution in [3.05, 3.63) is 23.3 Å². The van der Waals surface area contributed by atoms with Gasteiger partial charge in [0.15, 0.2) is 0 Å². The van der Waals surface area contributed by atoms with E-state index >= 15 is 0 Å². The molecule has 92 valence electrons. The van der Waals surface area contributed by atoms with E-state index in [0.717, 1.165) is 9.87 Å². The Balaban J connectivity index is 3.45. The molecule has 0 saturated carbocycles. The van der Waals surface area contributed by atoms with Gasteiger partial charge in [0.05, 0.1) is 12.2 Å². The van der Waals surface area contributed by atoms with Crippen LogP contribution in [0.5, 0.6) is 0 Å². The number of nitrogens with two attached hydrogens (primary N) is 1. The molecule has 4 nitrogen and oxygen atoms in total. The molecule has 17 heavy (non-hydrogen) atoms. The van der Waals surface area contributed by atoms with Gasteiger partial charge < -0.3 is 5.73 Å². The van der Waals surface area contributed by atoms with Crippen molar-refractivity contribution in [2.24, 2.45) is 0 Å². The van der Waals surface area contributed by atoms with Gasteiger partial charge in [0, 0.05) is 7.05 Å². The summed E-state index contributed by atoms with van der Waals surface area (Å²) in [5.74, 6) is 2.30. The van der Waals surface area contributed by atoms with Crippen molar-refractivity contribution in [1.29, 1.82) is 0 Å². The maximum Gasteiger partial charge on any atom is 0.246 e. The Kier molecular flexibility index (Phi) is 3.81. The molecule has 1 aromatic carbocycles. The van der Waals surface area contributed by atoms with Crippen molar-refractivity contribution < 1.29 is 8.42 Å². The van der Waals surface area contributed by atoms with E-state index in [1.165, 1.54) is 7.05 Å². The lowest BCUT2D eigenvalue weighted by molar-refractivity contribution is 0.503. The van der Waals surface area contributed by atoms with Crippen LogP contribution in [0.15, 0.2) is 17.0 Å². The molecule has 0 aliphatic heterocycles. The summed E-state index contributed by atoms with van der Waals surface area (Å²) in [6, 6.07) is 3.39. The van der Waals surface area contributed by atoms with Crippen LogP contribution < -0.4 is 5.73 Å². The summed E-state index contributed by atoms with van der Waals surface area (Å²) in [7, 11) is -2.18. The lowest BCUT2D eigenvalue weighted by Crippen LogP contribution is -2.28. The van der Waals surface area contributed by atoms with Crippen molar-refractivity contribution in [3.63, 3.8) is 0 Å². The van der Waals surface area contributed by atoms with E-state index in [2.05, 4.69) is 5.92 Å². The van der Waals surface area contributed by atoms with Gasteiger partial charge in [-0.25, -0.2) is 8.42 Å². The van der Waals surface area contributed by atoms with Crippen LogP contribution in [0.1, 0.15) is 11.1 Å². The van der Waals surface area contributed by atoms with Gasteiger partial charge in [-0.15, -0.1) is 6.42 Å². The van der Waals surface area contributed by atoms with Crippen LogP contribution in [0.4, 0.5) is 5.69 Å². The highest BCUT2D eigenvalue weighted by Crippen LogP contribution is 2.27. The highest BCUT2D eigenvalue weighted by atomic mass is 32.2. The van der Waals surface area contributed by atoms with Crippen LogP contribution in [0.2, 0.25) is 0 Å². The summed E-state index contributed by atoms with van der Waals surface area (Å²) in [6.45, 7) is 3.60. The Hall–Kier alpha value is -1.51. The predicted molar refractivity (Wildman–Crippen MR) is 69.0 cm³/mol. The highest BCUT2D eigenvalue weighted by molar-refractivity contribution is 7.89. The van der Waals surface area contributed by atoms with Crippen molar-refractivity contribution in [3.8, 4) is 12.3 Å². The number of anilines is 1. The Morgan fingerprint density at radius 1 is 1.41 bits per heavy atom. The minimum absolute atomic E-state index is 0.0230. The van der Waals surface area contributed by atoms with Crippen LogP contribution in [0.25, 0.3) is 0 Å². The van der Waals surface area contributed by atoms with E-state index in [0.29, 0.717) is 5.56 Å². The molecule has 0 aliphatic rings. The third-order valence-electron chi connectivity index (χ3n) is 2.69. The molecular formula is C12H16N2O2S. The minimum Gasteiger partial charge on any atom is -0.398 e. The fourth-order valence-electron chi connectivity index (χ4n) is 1.52. The fraction of sp³-hybridized carbons (Fsp3) is 0.333.